The van der Waals surface area contributed by atoms with Gasteiger partial charge in [-0.2, -0.15) is 0 Å². The average molecular weight is 360 g/mol. The molecule has 8 heteroatoms. The fourth-order valence-electron chi connectivity index (χ4n) is 1.83. The minimum atomic E-state index is -0.297. The number of carbonyl (C=O) groups is 3. The number of hydrogen-bond donors (Lipinski definition) is 2. The van der Waals surface area contributed by atoms with Crippen LogP contribution in [0.15, 0.2) is 30.3 Å². The number of nitrogens with one attached hydrogen (secondary N) is 2. The van der Waals surface area contributed by atoms with Crippen LogP contribution in [-0.4, -0.2) is 60.6 Å². The second-order valence-corrected chi connectivity index (χ2v) is 5.16. The first-order chi connectivity index (χ1) is 11.1. The Balaban J connectivity index is 2.61. The monoisotopic (exact) mass is 359 g/mol. The van der Waals surface area contributed by atoms with Crippen LogP contribution in [0.1, 0.15) is 10.4 Å². The minimum Gasteiger partial charge on any atom is -0.353 e. The summed E-state index contributed by atoms with van der Waals surface area (Å²) in [5.41, 5.74) is 0.542. The van der Waals surface area contributed by atoms with Crippen molar-refractivity contribution in [2.45, 2.75) is 0 Å². The third kappa shape index (κ3) is 7.34. The number of rotatable bonds is 9. The Morgan fingerprint density at radius 3 is 1.78 bits per heavy atom. The highest BCUT2D eigenvalue weighted by Gasteiger charge is 2.15. The van der Waals surface area contributed by atoms with Gasteiger partial charge in [0.15, 0.2) is 0 Å². The third-order valence-electron chi connectivity index (χ3n) is 2.96. The first-order valence-electron chi connectivity index (χ1n) is 7.08. The molecule has 23 heavy (non-hydrogen) atoms. The van der Waals surface area contributed by atoms with Gasteiger partial charge < -0.3 is 15.5 Å². The summed E-state index contributed by atoms with van der Waals surface area (Å²) in [5, 5.41) is 5.21. The van der Waals surface area contributed by atoms with Crippen LogP contribution in [0.5, 0.6) is 0 Å². The molecule has 0 aliphatic carbocycles. The lowest BCUT2D eigenvalue weighted by Crippen LogP contribution is -2.43. The first-order valence-corrected chi connectivity index (χ1v) is 8.15. The molecule has 1 rings (SSSR count). The van der Waals surface area contributed by atoms with Gasteiger partial charge in [0.2, 0.25) is 11.8 Å². The fourth-order valence-corrected chi connectivity index (χ4v) is 2.02. The fraction of sp³-hybridized carbons (Fsp3) is 0.400. The normalized spacial score (nSPS) is 10.0. The summed E-state index contributed by atoms with van der Waals surface area (Å²) < 4.78 is 0. The second-order valence-electron chi connectivity index (χ2n) is 4.63. The molecule has 1 aromatic carbocycles. The largest absolute Gasteiger partial charge is 0.353 e. The quantitative estimate of drug-likeness (QED) is 0.641. The van der Waals surface area contributed by atoms with Crippen LogP contribution >= 0.6 is 23.2 Å². The molecular weight excluding hydrogens is 341 g/mol. The van der Waals surface area contributed by atoms with Gasteiger partial charge in [-0.3, -0.25) is 14.4 Å². The van der Waals surface area contributed by atoms with Crippen molar-refractivity contribution in [3.8, 4) is 0 Å². The summed E-state index contributed by atoms with van der Waals surface area (Å²) in [6.45, 7) is 1.20. The molecule has 0 bridgehead atoms. The van der Waals surface area contributed by atoms with Crippen molar-refractivity contribution < 1.29 is 14.4 Å². The summed E-state index contributed by atoms with van der Waals surface area (Å²) in [4.78, 5) is 36.4. The van der Waals surface area contributed by atoms with Gasteiger partial charge >= 0.3 is 0 Å². The molecule has 0 aliphatic heterocycles. The van der Waals surface area contributed by atoms with Crippen LogP contribution < -0.4 is 10.6 Å². The number of amides is 3. The number of halogens is 2. The predicted molar refractivity (Wildman–Crippen MR) is 89.8 cm³/mol. The van der Waals surface area contributed by atoms with Gasteiger partial charge in [-0.05, 0) is 12.1 Å². The van der Waals surface area contributed by atoms with E-state index >= 15 is 0 Å². The van der Waals surface area contributed by atoms with E-state index in [0.717, 1.165) is 0 Å². The molecule has 0 saturated carbocycles. The van der Waals surface area contributed by atoms with E-state index in [9.17, 15) is 14.4 Å². The standard InChI is InChI=1S/C15H19Cl2N3O3/c16-10-13(21)18-6-8-20(9-7-19-14(22)11-17)15(23)12-4-2-1-3-5-12/h1-5H,6-11H2,(H,18,21)(H,19,22). The lowest BCUT2D eigenvalue weighted by atomic mass is 10.2. The Labute approximate surface area is 145 Å². The Kier molecular flexibility index (Phi) is 9.09. The molecule has 6 nitrogen and oxygen atoms in total. The molecule has 0 radical (unpaired) electrons. The molecule has 0 heterocycles. The van der Waals surface area contributed by atoms with Crippen LogP contribution in [-0.2, 0) is 9.59 Å². The van der Waals surface area contributed by atoms with Gasteiger partial charge in [0.05, 0.1) is 0 Å². The lowest BCUT2D eigenvalue weighted by Gasteiger charge is -2.23. The molecule has 126 valence electrons. The van der Waals surface area contributed by atoms with E-state index < -0.39 is 0 Å². The first kappa shape index (κ1) is 19.3. The average Bonchev–Trinajstić information content (AvgIpc) is 2.60. The van der Waals surface area contributed by atoms with Gasteiger partial charge in [-0.15, -0.1) is 23.2 Å². The summed E-state index contributed by atoms with van der Waals surface area (Å²) in [5.74, 6) is -1.02. The molecule has 1 aromatic rings. The highest BCUT2D eigenvalue weighted by molar-refractivity contribution is 6.27. The van der Waals surface area contributed by atoms with E-state index in [0.29, 0.717) is 18.7 Å². The van der Waals surface area contributed by atoms with Crippen LogP contribution in [0.4, 0.5) is 0 Å². The number of benzene rings is 1. The van der Waals surface area contributed by atoms with Gasteiger partial charge in [0.25, 0.3) is 5.91 Å². The van der Waals surface area contributed by atoms with Crippen LogP contribution in [0, 0.1) is 0 Å². The second kappa shape index (κ2) is 10.9. The number of hydrogen-bond acceptors (Lipinski definition) is 3. The third-order valence-corrected chi connectivity index (χ3v) is 3.44. The maximum atomic E-state index is 12.5. The highest BCUT2D eigenvalue weighted by Crippen LogP contribution is 2.04. The maximum Gasteiger partial charge on any atom is 0.253 e. The van der Waals surface area contributed by atoms with Crippen molar-refractivity contribution in [2.24, 2.45) is 0 Å². The Morgan fingerprint density at radius 1 is 0.870 bits per heavy atom. The zero-order valence-electron chi connectivity index (χ0n) is 12.6. The predicted octanol–water partition coefficient (Wildman–Crippen LogP) is 0.839. The van der Waals surface area contributed by atoms with Crippen molar-refractivity contribution in [3.05, 3.63) is 35.9 Å². The summed E-state index contributed by atoms with van der Waals surface area (Å²) in [6, 6.07) is 8.79. The molecule has 0 aliphatic rings. The maximum absolute atomic E-state index is 12.5. The van der Waals surface area contributed by atoms with E-state index in [-0.39, 0.29) is 42.6 Å². The van der Waals surface area contributed by atoms with E-state index in [1.807, 2.05) is 6.07 Å². The van der Waals surface area contributed by atoms with E-state index in [2.05, 4.69) is 10.6 Å². The van der Waals surface area contributed by atoms with Crippen molar-refractivity contribution in [3.63, 3.8) is 0 Å². The number of alkyl halides is 2. The van der Waals surface area contributed by atoms with Gasteiger partial charge in [0, 0.05) is 31.7 Å². The molecule has 0 unspecified atom stereocenters. The van der Waals surface area contributed by atoms with Crippen LogP contribution in [0.3, 0.4) is 0 Å². The topological polar surface area (TPSA) is 78.5 Å². The smallest absolute Gasteiger partial charge is 0.253 e. The molecule has 0 fully saturated rings. The zero-order valence-corrected chi connectivity index (χ0v) is 14.1. The van der Waals surface area contributed by atoms with Crippen molar-refractivity contribution in [2.75, 3.05) is 37.9 Å². The van der Waals surface area contributed by atoms with Crippen LogP contribution in [0.25, 0.3) is 0 Å². The van der Waals surface area contributed by atoms with Crippen molar-refractivity contribution >= 4 is 40.9 Å². The number of nitrogens with zero attached hydrogens (tertiary/aromatic N) is 1. The van der Waals surface area contributed by atoms with Crippen molar-refractivity contribution in [1.29, 1.82) is 0 Å². The van der Waals surface area contributed by atoms with Crippen molar-refractivity contribution in [1.82, 2.24) is 15.5 Å². The van der Waals surface area contributed by atoms with Gasteiger partial charge in [-0.25, -0.2) is 0 Å². The lowest BCUT2D eigenvalue weighted by molar-refractivity contribution is -0.119. The molecule has 0 spiro atoms. The number of carbonyl (C=O) groups excluding carboxylic acids is 3. The molecule has 0 aromatic heterocycles. The Hall–Kier alpha value is -1.79. The van der Waals surface area contributed by atoms with E-state index in [1.165, 1.54) is 0 Å². The van der Waals surface area contributed by atoms with E-state index in [1.54, 1.807) is 29.2 Å². The zero-order chi connectivity index (χ0) is 17.1. The van der Waals surface area contributed by atoms with Gasteiger partial charge in [0.1, 0.15) is 11.8 Å². The van der Waals surface area contributed by atoms with E-state index in [4.69, 9.17) is 23.2 Å². The minimum absolute atomic E-state index is 0.127. The summed E-state index contributed by atoms with van der Waals surface area (Å²) in [7, 11) is 0. The molecule has 0 saturated heterocycles. The molecule has 0 atom stereocenters. The molecule has 3 amide bonds. The summed E-state index contributed by atoms with van der Waals surface area (Å²) in [6.07, 6.45) is 0. The molecule has 2 N–H and O–H groups in total. The Morgan fingerprint density at radius 2 is 1.35 bits per heavy atom. The molecular formula is C15H19Cl2N3O3. The van der Waals surface area contributed by atoms with Gasteiger partial charge in [-0.1, -0.05) is 18.2 Å². The summed E-state index contributed by atoms with van der Waals surface area (Å²) >= 11 is 10.8. The van der Waals surface area contributed by atoms with Crippen LogP contribution in [0.2, 0.25) is 0 Å². The SMILES string of the molecule is O=C(CCl)NCCN(CCNC(=O)CCl)C(=O)c1ccccc1. The Bertz CT molecular complexity index is 504. The highest BCUT2D eigenvalue weighted by atomic mass is 35.5.